The van der Waals surface area contributed by atoms with Crippen molar-refractivity contribution in [3.05, 3.63) is 58.1 Å². The molecule has 11 nitrogen and oxygen atoms in total. The standard InChI is InChI=1S/C29H37ClFN5O6S2/c1-28(2,3)41-26(37)35(8)14-13-34(7)23-12-10-9-11-21(23)33-22-16-20(31)24(15-19(22)30)44(39,40)36(25-17-43-18-32-25)27(38)42-29(4,5)6/h9-12,15-18,33H,13-14H2,1-8H3. The number of amides is 2. The van der Waals surface area contributed by atoms with Gasteiger partial charge in [-0.1, -0.05) is 23.7 Å². The summed E-state index contributed by atoms with van der Waals surface area (Å²) in [7, 11) is -1.36. The topological polar surface area (TPSA) is 121 Å². The number of benzene rings is 2. The van der Waals surface area contributed by atoms with Gasteiger partial charge in [-0.25, -0.2) is 27.4 Å². The Morgan fingerprint density at radius 2 is 1.59 bits per heavy atom. The van der Waals surface area contributed by atoms with Crippen molar-refractivity contribution in [3.8, 4) is 0 Å². The number of hydrogen-bond acceptors (Lipinski definition) is 10. The highest BCUT2D eigenvalue weighted by Gasteiger charge is 2.38. The summed E-state index contributed by atoms with van der Waals surface area (Å²) in [5.41, 5.74) is 1.03. The highest BCUT2D eigenvalue weighted by molar-refractivity contribution is 7.93. The Balaban J connectivity index is 1.87. The van der Waals surface area contributed by atoms with Gasteiger partial charge in [-0.3, -0.25) is 0 Å². The van der Waals surface area contributed by atoms with Crippen LogP contribution in [0.2, 0.25) is 5.02 Å². The lowest BCUT2D eigenvalue weighted by atomic mass is 10.2. The number of ether oxygens (including phenoxy) is 2. The van der Waals surface area contributed by atoms with Crippen molar-refractivity contribution in [2.75, 3.05) is 41.7 Å². The van der Waals surface area contributed by atoms with E-state index >= 15 is 4.39 Å². The summed E-state index contributed by atoms with van der Waals surface area (Å²) in [5.74, 6) is -1.39. The molecule has 0 unspecified atom stereocenters. The highest BCUT2D eigenvalue weighted by atomic mass is 35.5. The smallest absolute Gasteiger partial charge is 0.430 e. The van der Waals surface area contributed by atoms with Crippen molar-refractivity contribution in [2.45, 2.75) is 57.6 Å². The molecule has 0 spiro atoms. The maximum atomic E-state index is 15.6. The second kappa shape index (κ2) is 13.6. The molecule has 0 fully saturated rings. The molecule has 0 bridgehead atoms. The number of rotatable bonds is 9. The lowest BCUT2D eigenvalue weighted by Crippen LogP contribution is -2.41. The molecule has 44 heavy (non-hydrogen) atoms. The third-order valence-electron chi connectivity index (χ3n) is 5.79. The molecule has 2 aromatic carbocycles. The predicted molar refractivity (Wildman–Crippen MR) is 171 cm³/mol. The average Bonchev–Trinajstić information content (AvgIpc) is 3.41. The molecule has 0 aliphatic heterocycles. The summed E-state index contributed by atoms with van der Waals surface area (Å²) in [6.07, 6.45) is -1.69. The fourth-order valence-corrected chi connectivity index (χ4v) is 5.96. The van der Waals surface area contributed by atoms with E-state index in [0.717, 1.165) is 23.5 Å². The maximum absolute atomic E-state index is 15.6. The van der Waals surface area contributed by atoms with Gasteiger partial charge < -0.3 is 24.6 Å². The van der Waals surface area contributed by atoms with E-state index in [4.69, 9.17) is 21.1 Å². The number of aromatic nitrogens is 1. The number of nitrogens with one attached hydrogen (secondary N) is 1. The zero-order chi connectivity index (χ0) is 33.0. The van der Waals surface area contributed by atoms with Crippen molar-refractivity contribution in [3.63, 3.8) is 0 Å². The molecular weight excluding hydrogens is 633 g/mol. The molecule has 0 atom stereocenters. The van der Waals surface area contributed by atoms with Crippen LogP contribution in [0.5, 0.6) is 0 Å². The lowest BCUT2D eigenvalue weighted by Gasteiger charge is -2.28. The molecule has 240 valence electrons. The van der Waals surface area contributed by atoms with Gasteiger partial charge in [-0.05, 0) is 59.7 Å². The molecule has 2 amide bonds. The van der Waals surface area contributed by atoms with E-state index in [1.807, 2.05) is 24.1 Å². The zero-order valence-corrected chi connectivity index (χ0v) is 28.2. The third-order valence-corrected chi connectivity index (χ3v) is 8.36. The van der Waals surface area contributed by atoms with E-state index in [2.05, 4.69) is 10.3 Å². The normalized spacial score (nSPS) is 12.0. The summed E-state index contributed by atoms with van der Waals surface area (Å²) in [6, 6.07) is 9.02. The monoisotopic (exact) mass is 669 g/mol. The minimum Gasteiger partial charge on any atom is -0.444 e. The molecule has 3 rings (SSSR count). The Hall–Kier alpha value is -3.62. The first-order valence-electron chi connectivity index (χ1n) is 13.5. The SMILES string of the molecule is CN(CCN(C)c1ccccc1Nc1cc(F)c(S(=O)(=O)N(C(=O)OC(C)(C)C)c2cscn2)cc1Cl)C(=O)OC(C)(C)C. The van der Waals surface area contributed by atoms with Gasteiger partial charge in [-0.15, -0.1) is 15.6 Å². The molecule has 0 saturated heterocycles. The van der Waals surface area contributed by atoms with Crippen molar-refractivity contribution in [1.29, 1.82) is 0 Å². The van der Waals surface area contributed by atoms with Crippen LogP contribution in [-0.4, -0.2) is 68.9 Å². The summed E-state index contributed by atoms with van der Waals surface area (Å²) in [4.78, 5) is 31.8. The quantitative estimate of drug-likeness (QED) is 0.254. The van der Waals surface area contributed by atoms with E-state index in [1.165, 1.54) is 15.8 Å². The first kappa shape index (κ1) is 34.9. The van der Waals surface area contributed by atoms with Crippen molar-refractivity contribution < 1.29 is 31.9 Å². The van der Waals surface area contributed by atoms with E-state index in [-0.39, 0.29) is 16.5 Å². The largest absolute Gasteiger partial charge is 0.444 e. The Morgan fingerprint density at radius 1 is 0.977 bits per heavy atom. The van der Waals surface area contributed by atoms with Crippen LogP contribution in [0.25, 0.3) is 0 Å². The van der Waals surface area contributed by atoms with Gasteiger partial charge >= 0.3 is 12.2 Å². The molecular formula is C29H37ClFN5O6S2. The highest BCUT2D eigenvalue weighted by Crippen LogP contribution is 2.36. The number of nitrogens with zero attached hydrogens (tertiary/aromatic N) is 4. The Labute approximate surface area is 266 Å². The van der Waals surface area contributed by atoms with Crippen LogP contribution < -0.4 is 14.5 Å². The molecule has 1 aromatic heterocycles. The molecule has 0 radical (unpaired) electrons. The number of thiazole rings is 1. The predicted octanol–water partition coefficient (Wildman–Crippen LogP) is 7.11. The number of sulfonamides is 1. The van der Waals surface area contributed by atoms with E-state index in [1.54, 1.807) is 60.7 Å². The number of carbonyl (C=O) groups is 2. The van der Waals surface area contributed by atoms with Crippen LogP contribution in [0, 0.1) is 5.82 Å². The number of hydrogen-bond donors (Lipinski definition) is 1. The molecule has 0 aliphatic carbocycles. The Morgan fingerprint density at radius 3 is 2.18 bits per heavy atom. The minimum absolute atomic E-state index is 0.0901. The summed E-state index contributed by atoms with van der Waals surface area (Å²) >= 11 is 7.53. The van der Waals surface area contributed by atoms with Gasteiger partial charge in [-0.2, -0.15) is 0 Å². The fourth-order valence-electron chi connectivity index (χ4n) is 3.75. The zero-order valence-electron chi connectivity index (χ0n) is 25.8. The van der Waals surface area contributed by atoms with Crippen molar-refractivity contribution in [1.82, 2.24) is 9.88 Å². The number of para-hydroxylation sites is 2. The molecule has 0 saturated carbocycles. The molecule has 1 N–H and O–H groups in total. The third kappa shape index (κ3) is 8.96. The summed E-state index contributed by atoms with van der Waals surface area (Å²) in [6.45, 7) is 10.9. The van der Waals surface area contributed by atoms with Crippen LogP contribution in [-0.2, 0) is 19.5 Å². The van der Waals surface area contributed by atoms with Gasteiger partial charge in [0.05, 0.1) is 27.6 Å². The average molecular weight is 670 g/mol. The summed E-state index contributed by atoms with van der Waals surface area (Å²) < 4.78 is 53.8. The lowest BCUT2D eigenvalue weighted by molar-refractivity contribution is 0.0303. The number of anilines is 4. The van der Waals surface area contributed by atoms with Gasteiger partial charge in [0.25, 0.3) is 10.0 Å². The molecule has 1 heterocycles. The number of carbonyl (C=O) groups excluding carboxylic acids is 2. The van der Waals surface area contributed by atoms with E-state index < -0.39 is 44.1 Å². The second-order valence-corrected chi connectivity index (χ2v) is 14.7. The van der Waals surface area contributed by atoms with Crippen LogP contribution in [0.3, 0.4) is 0 Å². The number of halogens is 2. The first-order valence-corrected chi connectivity index (χ1v) is 16.2. The van der Waals surface area contributed by atoms with E-state index in [0.29, 0.717) is 28.8 Å². The Kier molecular flexibility index (Phi) is 10.8. The van der Waals surface area contributed by atoms with Gasteiger partial charge in [0.15, 0.2) is 5.82 Å². The van der Waals surface area contributed by atoms with Crippen LogP contribution in [0.1, 0.15) is 41.5 Å². The Bertz CT molecular complexity index is 1590. The van der Waals surface area contributed by atoms with Gasteiger partial charge in [0, 0.05) is 38.6 Å². The van der Waals surface area contributed by atoms with E-state index in [9.17, 15) is 18.0 Å². The number of likely N-dealkylation sites (N-methyl/N-ethyl adjacent to an activating group) is 2. The van der Waals surface area contributed by atoms with Crippen LogP contribution in [0.15, 0.2) is 52.2 Å². The minimum atomic E-state index is -4.83. The first-order chi connectivity index (χ1) is 20.3. The molecule has 3 aromatic rings. The van der Waals surface area contributed by atoms with Crippen LogP contribution >= 0.6 is 22.9 Å². The maximum Gasteiger partial charge on any atom is 0.430 e. The summed E-state index contributed by atoms with van der Waals surface area (Å²) in [5, 5.41) is 4.28. The van der Waals surface area contributed by atoms with Gasteiger partial charge in [0.2, 0.25) is 0 Å². The molecule has 15 heteroatoms. The second-order valence-electron chi connectivity index (χ2n) is 11.8. The fraction of sp³-hybridized carbons (Fsp3) is 0.414. The van der Waals surface area contributed by atoms with Crippen LogP contribution in [0.4, 0.5) is 36.9 Å². The van der Waals surface area contributed by atoms with Crippen molar-refractivity contribution in [2.24, 2.45) is 0 Å². The molecule has 0 aliphatic rings. The van der Waals surface area contributed by atoms with Gasteiger partial charge in [0.1, 0.15) is 21.9 Å². The van der Waals surface area contributed by atoms with Crippen molar-refractivity contribution >= 4 is 68.0 Å².